The Labute approximate surface area is 135 Å². The lowest BCUT2D eigenvalue weighted by atomic mass is 9.95. The van der Waals surface area contributed by atoms with Crippen molar-refractivity contribution < 1.29 is 19.1 Å². The summed E-state index contributed by atoms with van der Waals surface area (Å²) in [6, 6.07) is 5.26. The van der Waals surface area contributed by atoms with E-state index in [4.69, 9.17) is 0 Å². The van der Waals surface area contributed by atoms with Gasteiger partial charge in [-0.3, -0.25) is 9.59 Å². The van der Waals surface area contributed by atoms with E-state index in [1.54, 1.807) is 0 Å². The predicted molar refractivity (Wildman–Crippen MR) is 84.3 cm³/mol. The Morgan fingerprint density at radius 2 is 2.00 bits per heavy atom. The number of aliphatic hydroxyl groups is 1. The van der Waals surface area contributed by atoms with Crippen molar-refractivity contribution in [1.82, 2.24) is 10.6 Å². The van der Waals surface area contributed by atoms with Gasteiger partial charge in [-0.25, -0.2) is 4.39 Å². The zero-order valence-corrected chi connectivity index (χ0v) is 13.1. The Hall–Kier alpha value is -1.95. The Bertz CT molecular complexity index is 550. The van der Waals surface area contributed by atoms with Crippen LogP contribution in [0, 0.1) is 11.7 Å². The topological polar surface area (TPSA) is 78.4 Å². The minimum atomic E-state index is -0.494. The molecule has 0 heterocycles. The first-order chi connectivity index (χ1) is 11.1. The van der Waals surface area contributed by atoms with Crippen molar-refractivity contribution in [2.24, 2.45) is 5.92 Å². The number of aliphatic hydroxyl groups excluding tert-OH is 1. The lowest BCUT2D eigenvalue weighted by molar-refractivity contribution is -0.121. The summed E-state index contributed by atoms with van der Waals surface area (Å²) in [6.45, 7) is -0.107. The van der Waals surface area contributed by atoms with Crippen LogP contribution in [0.25, 0.3) is 0 Å². The Morgan fingerprint density at radius 1 is 1.22 bits per heavy atom. The molecule has 126 valence electrons. The second-order valence-electron chi connectivity index (χ2n) is 5.95. The van der Waals surface area contributed by atoms with Crippen molar-refractivity contribution in [3.05, 3.63) is 35.6 Å². The zero-order valence-electron chi connectivity index (χ0n) is 13.1. The average Bonchev–Trinajstić information content (AvgIpc) is 2.77. The molecule has 1 aliphatic carbocycles. The fourth-order valence-electron chi connectivity index (χ4n) is 2.94. The number of hydrogen-bond donors (Lipinski definition) is 3. The maximum atomic E-state index is 13.1. The van der Waals surface area contributed by atoms with E-state index in [1.807, 2.05) is 0 Å². The van der Waals surface area contributed by atoms with E-state index in [0.29, 0.717) is 0 Å². The number of halogens is 1. The highest BCUT2D eigenvalue weighted by Gasteiger charge is 2.24. The number of nitrogens with one attached hydrogen (secondary N) is 2. The SMILES string of the molecule is O=C(CNC(=O)c1cccc(F)c1)NC1CCCCCC1CO. The summed E-state index contributed by atoms with van der Waals surface area (Å²) >= 11 is 0. The van der Waals surface area contributed by atoms with Gasteiger partial charge in [0.15, 0.2) is 0 Å². The number of benzene rings is 1. The molecule has 1 fully saturated rings. The minimum Gasteiger partial charge on any atom is -0.396 e. The van der Waals surface area contributed by atoms with E-state index in [0.717, 1.165) is 38.2 Å². The predicted octanol–water partition coefficient (Wildman–Crippen LogP) is 1.61. The number of amides is 2. The lowest BCUT2D eigenvalue weighted by Gasteiger charge is -2.24. The molecule has 6 heteroatoms. The molecule has 0 aliphatic heterocycles. The van der Waals surface area contributed by atoms with Crippen LogP contribution >= 0.6 is 0 Å². The van der Waals surface area contributed by atoms with Gasteiger partial charge in [0.05, 0.1) is 6.54 Å². The summed E-state index contributed by atoms with van der Waals surface area (Å²) in [7, 11) is 0. The molecule has 0 saturated heterocycles. The van der Waals surface area contributed by atoms with E-state index < -0.39 is 11.7 Å². The molecule has 2 unspecified atom stereocenters. The third-order valence-electron chi connectivity index (χ3n) is 4.24. The van der Waals surface area contributed by atoms with Crippen LogP contribution in [0.1, 0.15) is 42.5 Å². The van der Waals surface area contributed by atoms with E-state index in [1.165, 1.54) is 18.2 Å². The summed E-state index contributed by atoms with van der Waals surface area (Å²) < 4.78 is 13.1. The summed E-state index contributed by atoms with van der Waals surface area (Å²) in [5.41, 5.74) is 0.181. The molecule has 0 spiro atoms. The highest BCUT2D eigenvalue weighted by atomic mass is 19.1. The van der Waals surface area contributed by atoms with Crippen LogP contribution < -0.4 is 10.6 Å². The third kappa shape index (κ3) is 5.32. The molecule has 0 bridgehead atoms. The van der Waals surface area contributed by atoms with Gasteiger partial charge in [0.2, 0.25) is 5.91 Å². The van der Waals surface area contributed by atoms with E-state index in [9.17, 15) is 19.1 Å². The van der Waals surface area contributed by atoms with E-state index in [-0.39, 0.29) is 36.6 Å². The average molecular weight is 322 g/mol. The summed E-state index contributed by atoms with van der Waals surface area (Å²) in [5, 5.41) is 14.8. The van der Waals surface area contributed by atoms with Gasteiger partial charge in [-0.05, 0) is 31.0 Å². The minimum absolute atomic E-state index is 0.0546. The van der Waals surface area contributed by atoms with Crippen LogP contribution in [-0.2, 0) is 4.79 Å². The normalized spacial score (nSPS) is 21.3. The van der Waals surface area contributed by atoms with Crippen LogP contribution in [0.5, 0.6) is 0 Å². The summed E-state index contributed by atoms with van der Waals surface area (Å²) in [5.74, 6) is -1.20. The fourth-order valence-corrected chi connectivity index (χ4v) is 2.94. The maximum Gasteiger partial charge on any atom is 0.251 e. The standard InChI is InChI=1S/C17H23FN2O3/c18-14-7-4-6-12(9-14)17(23)19-10-16(22)20-15-8-3-1-2-5-13(15)11-21/h4,6-7,9,13,15,21H,1-3,5,8,10-11H2,(H,19,23)(H,20,22). The van der Waals surface area contributed by atoms with Crippen LogP contribution in [0.2, 0.25) is 0 Å². The summed E-state index contributed by atoms with van der Waals surface area (Å²) in [6.07, 6.45) is 4.94. The zero-order chi connectivity index (χ0) is 16.7. The molecular weight excluding hydrogens is 299 g/mol. The molecule has 2 atom stereocenters. The lowest BCUT2D eigenvalue weighted by Crippen LogP contribution is -2.45. The van der Waals surface area contributed by atoms with Crippen LogP contribution in [-0.4, -0.2) is 36.1 Å². The summed E-state index contributed by atoms with van der Waals surface area (Å²) in [4.78, 5) is 23.9. The first kappa shape index (κ1) is 17.4. The molecule has 1 aliphatic rings. The maximum absolute atomic E-state index is 13.1. The van der Waals surface area contributed by atoms with Crippen molar-refractivity contribution in [2.75, 3.05) is 13.2 Å². The molecule has 5 nitrogen and oxygen atoms in total. The van der Waals surface area contributed by atoms with Gasteiger partial charge < -0.3 is 15.7 Å². The Kier molecular flexibility index (Phi) is 6.52. The molecule has 1 saturated carbocycles. The van der Waals surface area contributed by atoms with Gasteiger partial charge >= 0.3 is 0 Å². The van der Waals surface area contributed by atoms with Gasteiger partial charge in [0.1, 0.15) is 5.82 Å². The Morgan fingerprint density at radius 3 is 2.74 bits per heavy atom. The van der Waals surface area contributed by atoms with Gasteiger partial charge in [0.25, 0.3) is 5.91 Å². The van der Waals surface area contributed by atoms with Crippen molar-refractivity contribution in [3.8, 4) is 0 Å². The Balaban J connectivity index is 1.83. The number of hydrogen-bond acceptors (Lipinski definition) is 3. The highest BCUT2D eigenvalue weighted by molar-refractivity contribution is 5.96. The van der Waals surface area contributed by atoms with Gasteiger partial charge in [-0.15, -0.1) is 0 Å². The molecule has 1 aromatic rings. The van der Waals surface area contributed by atoms with Crippen molar-refractivity contribution in [1.29, 1.82) is 0 Å². The highest BCUT2D eigenvalue weighted by Crippen LogP contribution is 2.23. The van der Waals surface area contributed by atoms with E-state index >= 15 is 0 Å². The van der Waals surface area contributed by atoms with Crippen LogP contribution in [0.3, 0.4) is 0 Å². The second-order valence-corrected chi connectivity index (χ2v) is 5.95. The van der Waals surface area contributed by atoms with Gasteiger partial charge in [-0.1, -0.05) is 25.3 Å². The molecule has 23 heavy (non-hydrogen) atoms. The first-order valence-electron chi connectivity index (χ1n) is 8.04. The van der Waals surface area contributed by atoms with Crippen molar-refractivity contribution in [2.45, 2.75) is 38.1 Å². The van der Waals surface area contributed by atoms with Crippen LogP contribution in [0.15, 0.2) is 24.3 Å². The molecule has 2 rings (SSSR count). The van der Waals surface area contributed by atoms with Gasteiger partial charge in [0, 0.05) is 24.1 Å². The largest absolute Gasteiger partial charge is 0.396 e. The number of rotatable bonds is 5. The van der Waals surface area contributed by atoms with Crippen molar-refractivity contribution in [3.63, 3.8) is 0 Å². The third-order valence-corrected chi connectivity index (χ3v) is 4.24. The molecule has 2 amide bonds. The first-order valence-corrected chi connectivity index (χ1v) is 8.04. The number of carbonyl (C=O) groups excluding carboxylic acids is 2. The van der Waals surface area contributed by atoms with Gasteiger partial charge in [-0.2, -0.15) is 0 Å². The smallest absolute Gasteiger partial charge is 0.251 e. The van der Waals surface area contributed by atoms with E-state index in [2.05, 4.69) is 10.6 Å². The van der Waals surface area contributed by atoms with Crippen molar-refractivity contribution >= 4 is 11.8 Å². The fraction of sp³-hybridized carbons (Fsp3) is 0.529. The monoisotopic (exact) mass is 322 g/mol. The molecule has 3 N–H and O–H groups in total. The van der Waals surface area contributed by atoms with Crippen LogP contribution in [0.4, 0.5) is 4.39 Å². The molecule has 0 radical (unpaired) electrons. The molecule has 0 aromatic heterocycles. The number of carbonyl (C=O) groups is 2. The molecule has 1 aromatic carbocycles. The molecular formula is C17H23FN2O3. The quantitative estimate of drug-likeness (QED) is 0.721. The second kappa shape index (κ2) is 8.62.